The van der Waals surface area contributed by atoms with Gasteiger partial charge in [0.25, 0.3) is 40.5 Å². The second-order valence-electron chi connectivity index (χ2n) is 11.7. The molecule has 0 saturated heterocycles. The maximum absolute atomic E-state index is 12.5. The van der Waals surface area contributed by atoms with Gasteiger partial charge in [-0.1, -0.05) is 30.4 Å². The van der Waals surface area contributed by atoms with E-state index in [2.05, 4.69) is 20.4 Å². The second kappa shape index (κ2) is 13.9. The lowest BCUT2D eigenvalue weighted by molar-refractivity contribution is 0.418. The third-order valence-electron chi connectivity index (χ3n) is 7.94. The van der Waals surface area contributed by atoms with Gasteiger partial charge in [-0.15, -0.1) is 15.3 Å². The number of hydrogen-bond donors (Lipinski definition) is 5. The third-order valence-corrected chi connectivity index (χ3v) is 11.5. The number of fused-ring (bicyclic) bond motifs is 3. The van der Waals surface area contributed by atoms with Crippen LogP contribution in [0.25, 0.3) is 39.6 Å². The lowest BCUT2D eigenvalue weighted by Gasteiger charge is -2.09. The summed E-state index contributed by atoms with van der Waals surface area (Å²) in [5.74, 6) is 0.234. The van der Waals surface area contributed by atoms with Crippen LogP contribution in [-0.2, 0) is 40.5 Å². The fourth-order valence-corrected chi connectivity index (χ4v) is 8.30. The number of benzene rings is 5. The number of rotatable bonds is 10. The molecule has 0 unspecified atom stereocenters. The van der Waals surface area contributed by atoms with Gasteiger partial charge in [0.15, 0.2) is 5.75 Å². The van der Waals surface area contributed by atoms with Crippen molar-refractivity contribution < 1.29 is 56.6 Å². The molecule has 0 spiro atoms. The van der Waals surface area contributed by atoms with Gasteiger partial charge in [-0.3, -0.25) is 18.2 Å². The Hall–Kier alpha value is -5.66. The van der Waals surface area contributed by atoms with Crippen molar-refractivity contribution >= 4 is 91.5 Å². The summed E-state index contributed by atoms with van der Waals surface area (Å²) in [6, 6.07) is 14.4. The van der Waals surface area contributed by atoms with Crippen molar-refractivity contribution in [2.45, 2.75) is 26.5 Å². The van der Waals surface area contributed by atoms with Crippen molar-refractivity contribution in [2.75, 3.05) is 12.8 Å². The van der Waals surface area contributed by atoms with Crippen molar-refractivity contribution in [2.24, 2.45) is 10.2 Å². The molecular formula is C32H26N6O13S4. The van der Waals surface area contributed by atoms with Crippen LogP contribution in [0.1, 0.15) is 16.7 Å². The van der Waals surface area contributed by atoms with Gasteiger partial charge >= 0.3 is 0 Å². The smallest absolute Gasteiger partial charge is 0.295 e. The molecule has 0 aliphatic heterocycles. The van der Waals surface area contributed by atoms with Gasteiger partial charge in [0, 0.05) is 10.8 Å². The Balaban J connectivity index is 1.41. The number of aryl methyl sites for hydroxylation is 1. The van der Waals surface area contributed by atoms with Gasteiger partial charge in [-0.05, 0) is 78.2 Å². The predicted molar refractivity (Wildman–Crippen MR) is 197 cm³/mol. The zero-order valence-electron chi connectivity index (χ0n) is 28.0. The van der Waals surface area contributed by atoms with E-state index in [1.807, 2.05) is 0 Å². The van der Waals surface area contributed by atoms with E-state index in [9.17, 15) is 51.9 Å². The Labute approximate surface area is 312 Å². The number of methoxy groups -OCH3 is 1. The molecule has 0 aliphatic rings. The lowest BCUT2D eigenvalue weighted by atomic mass is 10.1. The van der Waals surface area contributed by atoms with Crippen LogP contribution in [0.3, 0.4) is 0 Å². The van der Waals surface area contributed by atoms with E-state index in [4.69, 9.17) is 10.5 Å². The Morgan fingerprint density at radius 1 is 0.673 bits per heavy atom. The van der Waals surface area contributed by atoms with Crippen LogP contribution in [0.2, 0.25) is 0 Å². The van der Waals surface area contributed by atoms with E-state index in [-0.39, 0.29) is 55.7 Å². The summed E-state index contributed by atoms with van der Waals surface area (Å²) in [4.78, 5) is -2.13. The zero-order chi connectivity index (χ0) is 40.2. The number of hydrogen-bond acceptors (Lipinski definition) is 14. The first-order chi connectivity index (χ1) is 25.5. The van der Waals surface area contributed by atoms with Crippen LogP contribution in [0.4, 0.5) is 17.1 Å². The van der Waals surface area contributed by atoms with Crippen molar-refractivity contribution in [3.63, 3.8) is 0 Å². The maximum Gasteiger partial charge on any atom is 0.295 e. The minimum Gasteiger partial charge on any atom is -0.492 e. The number of aromatic nitrogens is 3. The summed E-state index contributed by atoms with van der Waals surface area (Å²) in [6.45, 7) is 1.77. The minimum atomic E-state index is -5.01. The SMILES string of the molecule is COc1c(N)cc(C)cc1N=Nc1ccc(/C=C/c2ccc(-n3nc4ccc5c(S(=O)(=O)O)cc(S(=O)(=O)O)cc5c4n3)cc2S(=O)(=O)O)c(S(=O)(=O)O)c1. The van der Waals surface area contributed by atoms with Crippen molar-refractivity contribution in [1.29, 1.82) is 0 Å². The first-order valence-electron chi connectivity index (χ1n) is 15.1. The highest BCUT2D eigenvalue weighted by Crippen LogP contribution is 2.37. The van der Waals surface area contributed by atoms with Crippen LogP contribution in [0.15, 0.2) is 103 Å². The molecule has 0 bridgehead atoms. The summed E-state index contributed by atoms with van der Waals surface area (Å²) in [7, 11) is -18.5. The lowest BCUT2D eigenvalue weighted by Crippen LogP contribution is -2.05. The monoisotopic (exact) mass is 830 g/mol. The Bertz CT molecular complexity index is 3110. The van der Waals surface area contributed by atoms with Gasteiger partial charge < -0.3 is 10.5 Å². The summed E-state index contributed by atoms with van der Waals surface area (Å²) in [5.41, 5.74) is 6.87. The molecule has 55 heavy (non-hydrogen) atoms. The van der Waals surface area contributed by atoms with Gasteiger partial charge in [-0.2, -0.15) is 43.6 Å². The highest BCUT2D eigenvalue weighted by molar-refractivity contribution is 7.87. The van der Waals surface area contributed by atoms with Crippen LogP contribution >= 0.6 is 0 Å². The van der Waals surface area contributed by atoms with Crippen molar-refractivity contribution in [1.82, 2.24) is 15.0 Å². The number of nitrogens with two attached hydrogens (primary N) is 1. The molecule has 1 aromatic heterocycles. The summed E-state index contributed by atoms with van der Waals surface area (Å²) >= 11 is 0. The van der Waals surface area contributed by atoms with E-state index >= 15 is 0 Å². The fraction of sp³-hybridized carbons (Fsp3) is 0.0625. The zero-order valence-corrected chi connectivity index (χ0v) is 31.3. The molecular weight excluding hydrogens is 805 g/mol. The van der Waals surface area contributed by atoms with E-state index < -0.39 is 60.1 Å². The molecule has 23 heteroatoms. The van der Waals surface area contributed by atoms with Crippen LogP contribution in [0, 0.1) is 6.92 Å². The molecule has 0 radical (unpaired) electrons. The van der Waals surface area contributed by atoms with Crippen molar-refractivity contribution in [3.05, 3.63) is 89.5 Å². The highest BCUT2D eigenvalue weighted by atomic mass is 32.2. The van der Waals surface area contributed by atoms with Crippen LogP contribution < -0.4 is 10.5 Å². The van der Waals surface area contributed by atoms with Gasteiger partial charge in [0.05, 0.1) is 29.1 Å². The number of anilines is 1. The molecule has 0 saturated carbocycles. The number of nitrogen functional groups attached to an aromatic ring is 1. The van der Waals surface area contributed by atoms with Crippen LogP contribution in [-0.4, -0.2) is 74.0 Å². The maximum atomic E-state index is 12.5. The molecule has 6 N–H and O–H groups in total. The van der Waals surface area contributed by atoms with E-state index in [1.54, 1.807) is 19.1 Å². The second-order valence-corrected chi connectivity index (χ2v) is 17.3. The molecule has 1 heterocycles. The summed E-state index contributed by atoms with van der Waals surface area (Å²) < 4.78 is 143. The van der Waals surface area contributed by atoms with E-state index in [0.717, 1.165) is 40.7 Å². The normalized spacial score (nSPS) is 13.1. The molecule has 286 valence electrons. The van der Waals surface area contributed by atoms with Gasteiger partial charge in [-0.25, -0.2) is 0 Å². The summed E-state index contributed by atoms with van der Waals surface area (Å²) in [5, 5.41) is 16.3. The quantitative estimate of drug-likeness (QED) is 0.0522. The highest BCUT2D eigenvalue weighted by Gasteiger charge is 2.24. The minimum absolute atomic E-state index is 0.00481. The summed E-state index contributed by atoms with van der Waals surface area (Å²) in [6.07, 6.45) is 2.30. The van der Waals surface area contributed by atoms with E-state index in [1.165, 1.54) is 43.5 Å². The molecule has 0 amide bonds. The predicted octanol–water partition coefficient (Wildman–Crippen LogP) is 5.05. The van der Waals surface area contributed by atoms with Crippen molar-refractivity contribution in [3.8, 4) is 11.4 Å². The van der Waals surface area contributed by atoms with Gasteiger partial charge in [0.1, 0.15) is 31.4 Å². The standard InChI is InChI=1S/C32H26N6O13S4/c1-17-11-25(33)32(51-2)27(12-17)35-34-20-7-5-18(28(13-20)53(42,43)44)3-4-19-6-8-21(14-29(19)54(45,46)47)38-36-26-10-9-23-24(31(26)37-38)15-22(52(39,40)41)16-30(23)55(48,49)50/h3-16H,33H2,1-2H3,(H,39,40,41)(H,42,43,44)(H,45,46,47)(H,48,49,50)/b4-3+,35-34?. The first kappa shape index (κ1) is 39.0. The molecule has 0 aliphatic carbocycles. The fourth-order valence-electron chi connectivity index (χ4n) is 5.56. The largest absolute Gasteiger partial charge is 0.492 e. The Kier molecular flexibility index (Phi) is 9.86. The Morgan fingerprint density at radius 3 is 1.89 bits per heavy atom. The average Bonchev–Trinajstić information content (AvgIpc) is 3.53. The number of ether oxygens (including phenoxy) is 1. The molecule has 0 fully saturated rings. The number of nitrogens with zero attached hydrogens (tertiary/aromatic N) is 5. The molecule has 0 atom stereocenters. The molecule has 19 nitrogen and oxygen atoms in total. The molecule has 5 aromatic carbocycles. The van der Waals surface area contributed by atoms with E-state index in [0.29, 0.717) is 11.8 Å². The topological polar surface area (TPSA) is 308 Å². The molecule has 6 aromatic rings. The third kappa shape index (κ3) is 8.08. The number of azo groups is 1. The Morgan fingerprint density at radius 2 is 1.29 bits per heavy atom. The average molecular weight is 831 g/mol. The molecule has 6 rings (SSSR count). The first-order valence-corrected chi connectivity index (χ1v) is 20.9. The van der Waals surface area contributed by atoms with Gasteiger partial charge in [0.2, 0.25) is 0 Å². The van der Waals surface area contributed by atoms with Crippen LogP contribution in [0.5, 0.6) is 5.75 Å².